The second-order valence-corrected chi connectivity index (χ2v) is 8.80. The monoisotopic (exact) mass is 465 g/mol. The predicted molar refractivity (Wildman–Crippen MR) is 131 cm³/mol. The number of carbonyl (C=O) groups is 2. The van der Waals surface area contributed by atoms with E-state index in [0.29, 0.717) is 35.3 Å². The van der Waals surface area contributed by atoms with Crippen LogP contribution in [0.1, 0.15) is 48.0 Å². The molecule has 4 N–H and O–H groups in total. The first kappa shape index (κ1) is 24.8. The third-order valence-electron chi connectivity index (χ3n) is 5.78. The van der Waals surface area contributed by atoms with Crippen LogP contribution >= 0.6 is 0 Å². The highest BCUT2D eigenvalue weighted by Gasteiger charge is 2.30. The average molecular weight is 466 g/mol. The van der Waals surface area contributed by atoms with Crippen LogP contribution in [0, 0.1) is 12.3 Å². The zero-order valence-corrected chi connectivity index (χ0v) is 20.2. The SMILES string of the molecule is CCc1ccc2nc(C)c(C(=O)O)c(N)c2c1OCC(C)(C)C(=O)NCc1cccc(OC)c1. The third kappa shape index (κ3) is 5.06. The molecular weight excluding hydrogens is 434 g/mol. The van der Waals surface area contributed by atoms with Crippen LogP contribution in [-0.4, -0.2) is 35.7 Å². The second kappa shape index (κ2) is 9.99. The van der Waals surface area contributed by atoms with Gasteiger partial charge < -0.3 is 25.6 Å². The van der Waals surface area contributed by atoms with Gasteiger partial charge in [0.15, 0.2) is 0 Å². The Bertz CT molecular complexity index is 1240. The molecule has 3 aromatic rings. The molecule has 0 saturated heterocycles. The van der Waals surface area contributed by atoms with Gasteiger partial charge in [-0.15, -0.1) is 0 Å². The first-order valence-corrected chi connectivity index (χ1v) is 11.1. The van der Waals surface area contributed by atoms with Gasteiger partial charge in [-0.25, -0.2) is 4.79 Å². The van der Waals surface area contributed by atoms with Gasteiger partial charge in [-0.3, -0.25) is 9.78 Å². The normalized spacial score (nSPS) is 11.3. The topological polar surface area (TPSA) is 124 Å². The molecule has 1 aromatic heterocycles. The summed E-state index contributed by atoms with van der Waals surface area (Å²) in [5.41, 5.74) is 8.15. The van der Waals surface area contributed by atoms with Gasteiger partial charge in [0, 0.05) is 6.54 Å². The summed E-state index contributed by atoms with van der Waals surface area (Å²) >= 11 is 0. The fourth-order valence-corrected chi connectivity index (χ4v) is 3.76. The molecule has 1 amide bonds. The maximum Gasteiger partial charge on any atom is 0.339 e. The molecular formula is C26H31N3O5. The predicted octanol–water partition coefficient (Wildman–Crippen LogP) is 4.12. The van der Waals surface area contributed by atoms with Gasteiger partial charge in [-0.2, -0.15) is 0 Å². The van der Waals surface area contributed by atoms with E-state index in [-0.39, 0.29) is 23.8 Å². The summed E-state index contributed by atoms with van der Waals surface area (Å²) in [5, 5.41) is 13.0. The maximum atomic E-state index is 12.9. The van der Waals surface area contributed by atoms with Crippen molar-refractivity contribution in [2.45, 2.75) is 40.7 Å². The van der Waals surface area contributed by atoms with E-state index < -0.39 is 11.4 Å². The summed E-state index contributed by atoms with van der Waals surface area (Å²) in [6, 6.07) is 11.2. The van der Waals surface area contributed by atoms with Gasteiger partial charge >= 0.3 is 5.97 Å². The summed E-state index contributed by atoms with van der Waals surface area (Å²) < 4.78 is 11.4. The van der Waals surface area contributed by atoms with Crippen LogP contribution in [0.25, 0.3) is 10.9 Å². The van der Waals surface area contributed by atoms with E-state index in [1.54, 1.807) is 27.9 Å². The quantitative estimate of drug-likeness (QED) is 0.434. The van der Waals surface area contributed by atoms with Crippen LogP contribution in [0.2, 0.25) is 0 Å². The Kier molecular flexibility index (Phi) is 7.29. The number of pyridine rings is 1. The van der Waals surface area contributed by atoms with Gasteiger partial charge in [-0.1, -0.05) is 25.1 Å². The lowest BCUT2D eigenvalue weighted by atomic mass is 9.93. The molecule has 0 atom stereocenters. The number of aromatic nitrogens is 1. The number of hydrogen-bond donors (Lipinski definition) is 3. The van der Waals surface area contributed by atoms with Crippen LogP contribution in [-0.2, 0) is 17.8 Å². The van der Waals surface area contributed by atoms with Gasteiger partial charge in [0.05, 0.1) is 34.8 Å². The van der Waals surface area contributed by atoms with E-state index >= 15 is 0 Å². The number of ether oxygens (including phenoxy) is 2. The van der Waals surface area contributed by atoms with Gasteiger partial charge in [0.1, 0.15) is 23.7 Å². The number of fused-ring (bicyclic) bond motifs is 1. The highest BCUT2D eigenvalue weighted by molar-refractivity contribution is 6.07. The van der Waals surface area contributed by atoms with E-state index in [2.05, 4.69) is 10.3 Å². The third-order valence-corrected chi connectivity index (χ3v) is 5.78. The van der Waals surface area contributed by atoms with Crippen molar-refractivity contribution in [1.29, 1.82) is 0 Å². The summed E-state index contributed by atoms with van der Waals surface area (Å²) in [7, 11) is 1.60. The number of nitrogens with two attached hydrogens (primary N) is 1. The molecule has 0 aliphatic carbocycles. The smallest absolute Gasteiger partial charge is 0.339 e. The average Bonchev–Trinajstić information content (AvgIpc) is 2.80. The molecule has 8 nitrogen and oxygen atoms in total. The zero-order chi connectivity index (χ0) is 25.0. The molecule has 34 heavy (non-hydrogen) atoms. The van der Waals surface area contributed by atoms with Gasteiger partial charge in [0.2, 0.25) is 5.91 Å². The second-order valence-electron chi connectivity index (χ2n) is 8.80. The Morgan fingerprint density at radius 3 is 2.59 bits per heavy atom. The molecule has 0 aliphatic rings. The standard InChI is InChI=1S/C26H31N3O5/c1-6-17-10-11-19-21(22(27)20(24(30)31)15(2)29-19)23(17)34-14-26(3,4)25(32)28-13-16-8-7-9-18(12-16)33-5/h7-12H,6,13-14H2,1-5H3,(H2,27,29)(H,28,32)(H,30,31). The Morgan fingerprint density at radius 2 is 1.94 bits per heavy atom. The van der Waals surface area contributed by atoms with Crippen LogP contribution in [0.5, 0.6) is 11.5 Å². The van der Waals surface area contributed by atoms with Crippen LogP contribution < -0.4 is 20.5 Å². The van der Waals surface area contributed by atoms with Gasteiger partial charge in [-0.05, 0) is 56.5 Å². The fourth-order valence-electron chi connectivity index (χ4n) is 3.76. The van der Waals surface area contributed by atoms with Crippen LogP contribution in [0.15, 0.2) is 36.4 Å². The Morgan fingerprint density at radius 1 is 1.21 bits per heavy atom. The maximum absolute atomic E-state index is 12.9. The van der Waals surface area contributed by atoms with Crippen molar-refractivity contribution in [2.24, 2.45) is 5.41 Å². The highest BCUT2D eigenvalue weighted by atomic mass is 16.5. The molecule has 0 radical (unpaired) electrons. The number of rotatable bonds is 9. The number of aryl methyl sites for hydroxylation is 2. The molecule has 0 fully saturated rings. The lowest BCUT2D eigenvalue weighted by Crippen LogP contribution is -2.40. The molecule has 0 saturated carbocycles. The molecule has 0 aliphatic heterocycles. The number of carboxylic acids is 1. The van der Waals surface area contributed by atoms with E-state index in [0.717, 1.165) is 16.9 Å². The number of benzene rings is 2. The van der Waals surface area contributed by atoms with Crippen molar-refractivity contribution in [2.75, 3.05) is 19.5 Å². The Labute approximate surface area is 199 Å². The first-order chi connectivity index (χ1) is 16.1. The number of amides is 1. The fraction of sp³-hybridized carbons (Fsp3) is 0.346. The lowest BCUT2D eigenvalue weighted by Gasteiger charge is -2.25. The molecule has 3 rings (SSSR count). The number of carboxylic acid groups (broad SMARTS) is 1. The van der Waals surface area contributed by atoms with Crippen LogP contribution in [0.4, 0.5) is 5.69 Å². The van der Waals surface area contributed by atoms with Crippen molar-refractivity contribution in [3.8, 4) is 11.5 Å². The summed E-state index contributed by atoms with van der Waals surface area (Å²) in [6.45, 7) is 7.59. The number of anilines is 1. The molecule has 0 bridgehead atoms. The lowest BCUT2D eigenvalue weighted by molar-refractivity contribution is -0.131. The molecule has 0 unspecified atom stereocenters. The minimum Gasteiger partial charge on any atom is -0.497 e. The van der Waals surface area contributed by atoms with Crippen molar-refractivity contribution in [3.63, 3.8) is 0 Å². The largest absolute Gasteiger partial charge is 0.497 e. The number of hydrogen-bond acceptors (Lipinski definition) is 6. The minimum absolute atomic E-state index is 0.0408. The van der Waals surface area contributed by atoms with Crippen molar-refractivity contribution in [3.05, 3.63) is 58.8 Å². The van der Waals surface area contributed by atoms with Crippen molar-refractivity contribution in [1.82, 2.24) is 10.3 Å². The van der Waals surface area contributed by atoms with E-state index in [1.807, 2.05) is 43.3 Å². The van der Waals surface area contributed by atoms with Crippen molar-refractivity contribution >= 4 is 28.5 Å². The number of nitrogens with one attached hydrogen (secondary N) is 1. The number of nitrogen functional groups attached to an aromatic ring is 1. The minimum atomic E-state index is -1.14. The summed E-state index contributed by atoms with van der Waals surface area (Å²) in [5.74, 6) is -0.142. The zero-order valence-electron chi connectivity index (χ0n) is 20.2. The molecule has 8 heteroatoms. The summed E-state index contributed by atoms with van der Waals surface area (Å²) in [4.78, 5) is 29.1. The molecule has 180 valence electrons. The number of methoxy groups -OCH3 is 1. The van der Waals surface area contributed by atoms with Crippen LogP contribution in [0.3, 0.4) is 0 Å². The first-order valence-electron chi connectivity index (χ1n) is 11.1. The molecule has 0 spiro atoms. The van der Waals surface area contributed by atoms with E-state index in [1.165, 1.54) is 0 Å². The number of carbonyl (C=O) groups excluding carboxylic acids is 1. The van der Waals surface area contributed by atoms with Crippen molar-refractivity contribution < 1.29 is 24.2 Å². The van der Waals surface area contributed by atoms with Gasteiger partial charge in [0.25, 0.3) is 0 Å². The summed E-state index contributed by atoms with van der Waals surface area (Å²) in [6.07, 6.45) is 0.642. The van der Waals surface area contributed by atoms with E-state index in [4.69, 9.17) is 15.2 Å². The molecule has 1 heterocycles. The molecule has 2 aromatic carbocycles. The van der Waals surface area contributed by atoms with E-state index in [9.17, 15) is 14.7 Å². The number of nitrogens with zero attached hydrogens (tertiary/aromatic N) is 1. The number of aromatic carboxylic acids is 1. The highest BCUT2D eigenvalue weighted by Crippen LogP contribution is 2.37. The Hall–Kier alpha value is -3.81. The Balaban J connectivity index is 1.85.